The summed E-state index contributed by atoms with van der Waals surface area (Å²) in [6, 6.07) is 16.8. The van der Waals surface area contributed by atoms with Crippen molar-refractivity contribution >= 4 is 17.5 Å². The highest BCUT2D eigenvalue weighted by Gasteiger charge is 2.51. The van der Waals surface area contributed by atoms with E-state index < -0.39 is 11.2 Å². The summed E-state index contributed by atoms with van der Waals surface area (Å²) in [5, 5.41) is 2.95. The van der Waals surface area contributed by atoms with E-state index in [9.17, 15) is 14.0 Å². The van der Waals surface area contributed by atoms with Crippen molar-refractivity contribution in [1.82, 2.24) is 4.90 Å². The van der Waals surface area contributed by atoms with Gasteiger partial charge in [-0.25, -0.2) is 4.39 Å². The van der Waals surface area contributed by atoms with Gasteiger partial charge in [0.2, 0.25) is 12.7 Å². The molecule has 5 rings (SSSR count). The van der Waals surface area contributed by atoms with Crippen LogP contribution in [0, 0.1) is 5.82 Å². The number of nitrogens with one attached hydrogen (secondary N) is 1. The van der Waals surface area contributed by atoms with Crippen LogP contribution >= 0.6 is 0 Å². The van der Waals surface area contributed by atoms with E-state index in [4.69, 9.17) is 9.47 Å². The van der Waals surface area contributed by atoms with E-state index in [0.29, 0.717) is 33.9 Å². The van der Waals surface area contributed by atoms with E-state index in [-0.39, 0.29) is 18.6 Å². The number of benzene rings is 3. The Morgan fingerprint density at radius 2 is 1.76 bits per heavy atom. The summed E-state index contributed by atoms with van der Waals surface area (Å²) >= 11 is 0. The molecular formula is C26H23FN2O4. The van der Waals surface area contributed by atoms with Gasteiger partial charge in [-0.05, 0) is 66.4 Å². The molecule has 168 valence electrons. The number of fused-ring (bicyclic) bond motifs is 1. The molecule has 0 saturated heterocycles. The standard InChI is InChI=1S/C26H23FN2O4/c1-29(2)24(30)17-5-3-4-16(12-17)20-14-19(7-8-21(20)27)28-25(31)26(10-11-26)18-6-9-22-23(13-18)33-15-32-22/h3-9,12-14H,10-11,15H2,1-2H3,(H,28,31). The zero-order valence-corrected chi connectivity index (χ0v) is 18.4. The minimum absolute atomic E-state index is 0.143. The lowest BCUT2D eigenvalue weighted by molar-refractivity contribution is -0.118. The first kappa shape index (κ1) is 21.0. The van der Waals surface area contributed by atoms with Gasteiger partial charge in [0.05, 0.1) is 5.41 Å². The van der Waals surface area contributed by atoms with Crippen LogP contribution in [-0.2, 0) is 10.2 Å². The van der Waals surface area contributed by atoms with Crippen molar-refractivity contribution in [2.45, 2.75) is 18.3 Å². The smallest absolute Gasteiger partial charge is 0.253 e. The van der Waals surface area contributed by atoms with E-state index in [1.54, 1.807) is 50.5 Å². The summed E-state index contributed by atoms with van der Waals surface area (Å²) < 4.78 is 25.5. The number of hydrogen-bond donors (Lipinski definition) is 1. The van der Waals surface area contributed by atoms with Crippen LogP contribution in [0.15, 0.2) is 60.7 Å². The van der Waals surface area contributed by atoms with Gasteiger partial charge < -0.3 is 19.7 Å². The Morgan fingerprint density at radius 1 is 0.970 bits per heavy atom. The average molecular weight is 446 g/mol. The lowest BCUT2D eigenvalue weighted by atomic mass is 9.94. The lowest BCUT2D eigenvalue weighted by Gasteiger charge is -2.17. The van der Waals surface area contributed by atoms with Gasteiger partial charge in [-0.3, -0.25) is 9.59 Å². The van der Waals surface area contributed by atoms with Gasteiger partial charge in [0.15, 0.2) is 11.5 Å². The molecule has 2 aliphatic rings. The summed E-state index contributed by atoms with van der Waals surface area (Å²) in [4.78, 5) is 27.0. The second-order valence-corrected chi connectivity index (χ2v) is 8.58. The number of anilines is 1. The maximum absolute atomic E-state index is 14.7. The molecule has 0 unspecified atom stereocenters. The van der Waals surface area contributed by atoms with Crippen molar-refractivity contribution < 1.29 is 23.5 Å². The van der Waals surface area contributed by atoms with E-state index in [0.717, 1.165) is 18.4 Å². The quantitative estimate of drug-likeness (QED) is 0.622. The highest BCUT2D eigenvalue weighted by atomic mass is 19.1. The predicted molar refractivity (Wildman–Crippen MR) is 122 cm³/mol. The minimum Gasteiger partial charge on any atom is -0.454 e. The molecule has 2 amide bonds. The molecule has 3 aromatic rings. The number of carbonyl (C=O) groups is 2. The number of nitrogens with zero attached hydrogens (tertiary/aromatic N) is 1. The monoisotopic (exact) mass is 446 g/mol. The number of halogens is 1. The normalized spacial score (nSPS) is 15.1. The molecule has 1 aliphatic heterocycles. The third-order valence-corrected chi connectivity index (χ3v) is 6.16. The molecule has 0 bridgehead atoms. The number of hydrogen-bond acceptors (Lipinski definition) is 4. The Labute approximate surface area is 190 Å². The van der Waals surface area contributed by atoms with Gasteiger partial charge >= 0.3 is 0 Å². The zero-order valence-electron chi connectivity index (χ0n) is 18.4. The fraction of sp³-hybridized carbons (Fsp3) is 0.231. The summed E-state index contributed by atoms with van der Waals surface area (Å²) in [5.74, 6) is 0.576. The van der Waals surface area contributed by atoms with Gasteiger partial charge in [-0.2, -0.15) is 0 Å². The molecule has 6 nitrogen and oxygen atoms in total. The van der Waals surface area contributed by atoms with Crippen LogP contribution < -0.4 is 14.8 Å². The summed E-state index contributed by atoms with van der Waals surface area (Å²) in [5.41, 5.74) is 2.08. The first-order chi connectivity index (χ1) is 15.9. The molecule has 1 fully saturated rings. The van der Waals surface area contributed by atoms with Crippen molar-refractivity contribution in [1.29, 1.82) is 0 Å². The van der Waals surface area contributed by atoms with E-state index >= 15 is 0 Å². The lowest BCUT2D eigenvalue weighted by Crippen LogP contribution is -2.27. The molecule has 0 spiro atoms. The molecule has 1 aliphatic carbocycles. The van der Waals surface area contributed by atoms with Gasteiger partial charge in [0, 0.05) is 30.9 Å². The maximum atomic E-state index is 14.7. The molecule has 0 atom stereocenters. The Morgan fingerprint density at radius 3 is 2.52 bits per heavy atom. The third kappa shape index (κ3) is 3.80. The van der Waals surface area contributed by atoms with E-state index in [1.165, 1.54) is 11.0 Å². The molecule has 1 N–H and O–H groups in total. The topological polar surface area (TPSA) is 67.9 Å². The van der Waals surface area contributed by atoms with Crippen LogP contribution in [0.5, 0.6) is 11.5 Å². The van der Waals surface area contributed by atoms with Crippen LogP contribution in [0.3, 0.4) is 0 Å². The van der Waals surface area contributed by atoms with Gasteiger partial charge in [-0.15, -0.1) is 0 Å². The van der Waals surface area contributed by atoms with Crippen LogP contribution in [0.4, 0.5) is 10.1 Å². The summed E-state index contributed by atoms with van der Waals surface area (Å²) in [6.07, 6.45) is 1.45. The van der Waals surface area contributed by atoms with Crippen molar-refractivity contribution in [3.05, 3.63) is 77.6 Å². The van der Waals surface area contributed by atoms with Crippen molar-refractivity contribution in [2.24, 2.45) is 0 Å². The van der Waals surface area contributed by atoms with Crippen LogP contribution in [0.25, 0.3) is 11.1 Å². The first-order valence-corrected chi connectivity index (χ1v) is 10.7. The average Bonchev–Trinajstić information content (AvgIpc) is 3.50. The molecule has 3 aromatic carbocycles. The molecule has 0 aromatic heterocycles. The van der Waals surface area contributed by atoms with Crippen LogP contribution in [-0.4, -0.2) is 37.6 Å². The molecule has 7 heteroatoms. The van der Waals surface area contributed by atoms with E-state index in [1.807, 2.05) is 18.2 Å². The van der Waals surface area contributed by atoms with Crippen LogP contribution in [0.2, 0.25) is 0 Å². The van der Waals surface area contributed by atoms with Gasteiger partial charge in [0.25, 0.3) is 5.91 Å². The van der Waals surface area contributed by atoms with Gasteiger partial charge in [-0.1, -0.05) is 18.2 Å². The number of rotatable bonds is 5. The minimum atomic E-state index is -0.631. The molecule has 33 heavy (non-hydrogen) atoms. The highest BCUT2D eigenvalue weighted by molar-refractivity contribution is 6.02. The number of ether oxygens (including phenoxy) is 2. The Kier molecular flexibility index (Phi) is 5.04. The highest BCUT2D eigenvalue weighted by Crippen LogP contribution is 2.51. The molecule has 0 radical (unpaired) electrons. The van der Waals surface area contributed by atoms with E-state index in [2.05, 4.69) is 5.32 Å². The Hall–Kier alpha value is -3.87. The predicted octanol–water partition coefficient (Wildman–Crippen LogP) is 4.59. The maximum Gasteiger partial charge on any atom is 0.253 e. The first-order valence-electron chi connectivity index (χ1n) is 10.7. The third-order valence-electron chi connectivity index (χ3n) is 6.16. The molecular weight excluding hydrogens is 423 g/mol. The summed E-state index contributed by atoms with van der Waals surface area (Å²) in [7, 11) is 3.33. The van der Waals surface area contributed by atoms with Gasteiger partial charge in [0.1, 0.15) is 5.82 Å². The van der Waals surface area contributed by atoms with Crippen molar-refractivity contribution in [2.75, 3.05) is 26.2 Å². The number of amides is 2. The molecule has 1 saturated carbocycles. The summed E-state index contributed by atoms with van der Waals surface area (Å²) in [6.45, 7) is 0.178. The number of carbonyl (C=O) groups excluding carboxylic acids is 2. The Bertz CT molecular complexity index is 1270. The fourth-order valence-corrected chi connectivity index (χ4v) is 4.12. The molecule has 1 heterocycles. The SMILES string of the molecule is CN(C)C(=O)c1cccc(-c2cc(NC(=O)C3(c4ccc5c(c4)OCO5)CC3)ccc2F)c1. The fourth-order valence-electron chi connectivity index (χ4n) is 4.12. The van der Waals surface area contributed by atoms with Crippen molar-refractivity contribution in [3.8, 4) is 22.6 Å². The largest absolute Gasteiger partial charge is 0.454 e. The second-order valence-electron chi connectivity index (χ2n) is 8.58. The van der Waals surface area contributed by atoms with Crippen molar-refractivity contribution in [3.63, 3.8) is 0 Å². The Balaban J connectivity index is 1.41. The van der Waals surface area contributed by atoms with Crippen LogP contribution in [0.1, 0.15) is 28.8 Å². The zero-order chi connectivity index (χ0) is 23.2. The second kappa shape index (κ2) is 7.92.